The summed E-state index contributed by atoms with van der Waals surface area (Å²) in [6.07, 6.45) is 5.04. The molecule has 2 rings (SSSR count). The van der Waals surface area contributed by atoms with Gasteiger partial charge in [-0.05, 0) is 29.9 Å². The second-order valence-electron chi connectivity index (χ2n) is 5.25. The largest absolute Gasteiger partial charge is 0.344 e. The number of benzene rings is 1. The molecular formula is C17H21NO2S2. The lowest BCUT2D eigenvalue weighted by atomic mass is 10.0. The van der Waals surface area contributed by atoms with E-state index in [1.807, 2.05) is 30.3 Å². The van der Waals surface area contributed by atoms with E-state index in [0.717, 1.165) is 36.3 Å². The Kier molecular flexibility index (Phi) is 7.06. The molecule has 1 unspecified atom stereocenters. The van der Waals surface area contributed by atoms with Crippen LogP contribution in [0.15, 0.2) is 41.3 Å². The lowest BCUT2D eigenvalue weighted by molar-refractivity contribution is -0.117. The van der Waals surface area contributed by atoms with Crippen LogP contribution < -0.4 is 5.32 Å². The molecule has 0 spiro atoms. The van der Waals surface area contributed by atoms with Gasteiger partial charge in [-0.15, -0.1) is 11.8 Å². The second kappa shape index (κ2) is 9.06. The maximum absolute atomic E-state index is 12.3. The number of ketones is 1. The van der Waals surface area contributed by atoms with Crippen molar-refractivity contribution in [1.29, 1.82) is 0 Å². The summed E-state index contributed by atoms with van der Waals surface area (Å²) >= 11 is 5.66. The Morgan fingerprint density at radius 1 is 1.14 bits per heavy atom. The van der Waals surface area contributed by atoms with Crippen molar-refractivity contribution >= 4 is 36.1 Å². The van der Waals surface area contributed by atoms with E-state index < -0.39 is 0 Å². The molecule has 0 aliphatic carbocycles. The van der Waals surface area contributed by atoms with Gasteiger partial charge in [0.05, 0.1) is 10.9 Å². The number of allylic oxidation sites excluding steroid dienone is 1. The van der Waals surface area contributed by atoms with E-state index in [2.05, 4.69) is 17.9 Å². The lowest BCUT2D eigenvalue weighted by Gasteiger charge is -2.16. The van der Waals surface area contributed by atoms with Crippen molar-refractivity contribution in [3.05, 3.63) is 46.9 Å². The first-order valence-corrected chi connectivity index (χ1v) is 9.16. The number of carbonyl (C=O) groups is 2. The summed E-state index contributed by atoms with van der Waals surface area (Å²) in [5, 5.41) is 2.97. The first kappa shape index (κ1) is 17.2. The third-order valence-corrected chi connectivity index (χ3v) is 4.91. The van der Waals surface area contributed by atoms with Gasteiger partial charge in [-0.25, -0.2) is 0 Å². The minimum Gasteiger partial charge on any atom is -0.344 e. The van der Waals surface area contributed by atoms with Crippen molar-refractivity contribution in [1.82, 2.24) is 5.32 Å². The zero-order chi connectivity index (χ0) is 15.8. The summed E-state index contributed by atoms with van der Waals surface area (Å²) in [6, 6.07) is 9.40. The molecule has 0 aromatic heterocycles. The fourth-order valence-corrected chi connectivity index (χ4v) is 3.52. The summed E-state index contributed by atoms with van der Waals surface area (Å²) < 4.78 is 0. The van der Waals surface area contributed by atoms with Gasteiger partial charge in [0.2, 0.25) is 0 Å². The molecule has 1 N–H and O–H groups in total. The summed E-state index contributed by atoms with van der Waals surface area (Å²) in [5.74, 6) is 1.62. The maximum atomic E-state index is 12.3. The topological polar surface area (TPSA) is 46.2 Å². The number of amides is 1. The van der Waals surface area contributed by atoms with Crippen molar-refractivity contribution in [2.24, 2.45) is 0 Å². The molecule has 22 heavy (non-hydrogen) atoms. The molecule has 1 aliphatic rings. The molecular weight excluding hydrogens is 314 g/mol. The summed E-state index contributed by atoms with van der Waals surface area (Å²) in [5.41, 5.74) is 0.970. The van der Waals surface area contributed by atoms with E-state index in [1.165, 1.54) is 17.8 Å². The highest BCUT2D eigenvalue weighted by molar-refractivity contribution is 8.04. The Labute approximate surface area is 141 Å². The molecule has 1 heterocycles. The number of hydrogen-bond acceptors (Lipinski definition) is 4. The minimum absolute atomic E-state index is 0.00469. The van der Waals surface area contributed by atoms with Crippen LogP contribution in [0.2, 0.25) is 0 Å². The average molecular weight is 335 g/mol. The normalized spacial score (nSPS) is 18.6. The Hall–Kier alpha value is -1.20. The molecule has 0 fully saturated rings. The Balaban J connectivity index is 1.94. The zero-order valence-electron chi connectivity index (χ0n) is 12.5. The third-order valence-electron chi connectivity index (χ3n) is 3.49. The van der Waals surface area contributed by atoms with E-state index in [4.69, 9.17) is 0 Å². The quantitative estimate of drug-likeness (QED) is 0.592. The highest BCUT2D eigenvalue weighted by atomic mass is 32.2. The van der Waals surface area contributed by atoms with Gasteiger partial charge >= 0.3 is 0 Å². The fraction of sp³-hybridized carbons (Fsp3) is 0.412. The monoisotopic (exact) mass is 335 g/mol. The smallest absolute Gasteiger partial charge is 0.258 e. The van der Waals surface area contributed by atoms with Crippen molar-refractivity contribution < 1.29 is 9.59 Å². The summed E-state index contributed by atoms with van der Waals surface area (Å²) in [6.45, 7) is 0. The van der Waals surface area contributed by atoms with E-state index in [1.54, 1.807) is 0 Å². The molecule has 0 bridgehead atoms. The van der Waals surface area contributed by atoms with Crippen LogP contribution in [0.5, 0.6) is 0 Å². The van der Waals surface area contributed by atoms with Crippen LogP contribution in [-0.2, 0) is 9.59 Å². The molecule has 1 aromatic rings. The second-order valence-corrected chi connectivity index (χ2v) is 6.83. The van der Waals surface area contributed by atoms with Gasteiger partial charge < -0.3 is 5.32 Å². The lowest BCUT2D eigenvalue weighted by Crippen LogP contribution is -2.28. The third kappa shape index (κ3) is 5.21. The van der Waals surface area contributed by atoms with Gasteiger partial charge in [0, 0.05) is 12.5 Å². The number of thiol groups is 1. The molecule has 1 amide bonds. The summed E-state index contributed by atoms with van der Waals surface area (Å²) in [7, 11) is 0. The highest BCUT2D eigenvalue weighted by Gasteiger charge is 2.24. The van der Waals surface area contributed by atoms with Gasteiger partial charge in [-0.1, -0.05) is 36.8 Å². The van der Waals surface area contributed by atoms with Crippen LogP contribution in [0, 0.1) is 0 Å². The molecule has 5 heteroatoms. The van der Waals surface area contributed by atoms with Gasteiger partial charge in [0.1, 0.15) is 0 Å². The molecule has 1 aromatic carbocycles. The van der Waals surface area contributed by atoms with Crippen molar-refractivity contribution in [2.75, 3.05) is 11.5 Å². The molecule has 0 radical (unpaired) electrons. The SMILES string of the molecule is O=C1C=C(SCCCCCS)C(=O)NC(c2ccccc2)C1. The van der Waals surface area contributed by atoms with Crippen LogP contribution in [0.3, 0.4) is 0 Å². The van der Waals surface area contributed by atoms with Crippen LogP contribution in [-0.4, -0.2) is 23.2 Å². The minimum atomic E-state index is -0.236. The Bertz CT molecular complexity index is 543. The predicted molar refractivity (Wildman–Crippen MR) is 95.2 cm³/mol. The first-order valence-electron chi connectivity index (χ1n) is 7.54. The molecule has 3 nitrogen and oxygen atoms in total. The van der Waals surface area contributed by atoms with Gasteiger partial charge in [-0.3, -0.25) is 9.59 Å². The summed E-state index contributed by atoms with van der Waals surface area (Å²) in [4.78, 5) is 24.9. The number of hydrogen-bond donors (Lipinski definition) is 2. The van der Waals surface area contributed by atoms with Crippen molar-refractivity contribution in [3.63, 3.8) is 0 Å². The molecule has 0 saturated carbocycles. The van der Waals surface area contributed by atoms with Crippen molar-refractivity contribution in [2.45, 2.75) is 31.7 Å². The van der Waals surface area contributed by atoms with E-state index >= 15 is 0 Å². The first-order chi connectivity index (χ1) is 10.7. The van der Waals surface area contributed by atoms with Crippen LogP contribution >= 0.6 is 24.4 Å². The molecule has 1 atom stereocenters. The molecule has 118 valence electrons. The Morgan fingerprint density at radius 3 is 2.64 bits per heavy atom. The van der Waals surface area contributed by atoms with E-state index in [9.17, 15) is 9.59 Å². The van der Waals surface area contributed by atoms with Crippen LogP contribution in [0.1, 0.15) is 37.3 Å². The number of nitrogens with one attached hydrogen (secondary N) is 1. The van der Waals surface area contributed by atoms with E-state index in [-0.39, 0.29) is 17.7 Å². The van der Waals surface area contributed by atoms with Gasteiger partial charge in [-0.2, -0.15) is 12.6 Å². The molecule has 0 saturated heterocycles. The standard InChI is InChI=1S/C17H21NO2S2/c19-14-11-15(13-7-3-1-4-8-13)18-17(20)16(12-14)22-10-6-2-5-9-21/h1,3-4,7-8,12,15,21H,2,5-6,9-11H2,(H,18,20). The molecule has 1 aliphatic heterocycles. The van der Waals surface area contributed by atoms with Crippen LogP contribution in [0.4, 0.5) is 0 Å². The van der Waals surface area contributed by atoms with Crippen LogP contribution in [0.25, 0.3) is 0 Å². The zero-order valence-corrected chi connectivity index (χ0v) is 14.2. The fourth-order valence-electron chi connectivity index (χ4n) is 2.32. The average Bonchev–Trinajstić information content (AvgIpc) is 2.67. The highest BCUT2D eigenvalue weighted by Crippen LogP contribution is 2.26. The maximum Gasteiger partial charge on any atom is 0.258 e. The number of thioether (sulfide) groups is 1. The van der Waals surface area contributed by atoms with Crippen molar-refractivity contribution in [3.8, 4) is 0 Å². The number of unbranched alkanes of at least 4 members (excludes halogenated alkanes) is 2. The predicted octanol–water partition coefficient (Wildman–Crippen LogP) is 3.53. The van der Waals surface area contributed by atoms with Gasteiger partial charge in [0.25, 0.3) is 5.91 Å². The number of rotatable bonds is 7. The Morgan fingerprint density at radius 2 is 1.91 bits per heavy atom. The van der Waals surface area contributed by atoms with E-state index in [0.29, 0.717) is 11.3 Å². The number of carbonyl (C=O) groups excluding carboxylic acids is 2. The van der Waals surface area contributed by atoms with Gasteiger partial charge in [0.15, 0.2) is 5.78 Å².